The van der Waals surface area contributed by atoms with E-state index >= 15 is 0 Å². The number of methoxy groups -OCH3 is 1. The molecule has 156 valence electrons. The molecule has 0 unspecified atom stereocenters. The fourth-order valence-electron chi connectivity index (χ4n) is 3.36. The maximum atomic E-state index is 12.7. The molecule has 2 amide bonds. The first kappa shape index (κ1) is 20.4. The van der Waals surface area contributed by atoms with Gasteiger partial charge in [-0.3, -0.25) is 14.9 Å². The quantitative estimate of drug-likeness (QED) is 0.634. The Labute approximate surface area is 182 Å². The normalized spacial score (nSPS) is 13.9. The number of nitrogens with zero attached hydrogens (tertiary/aromatic N) is 3. The van der Waals surface area contributed by atoms with Gasteiger partial charge in [-0.05, 0) is 23.6 Å². The molecule has 3 aromatic rings. The molecule has 1 N–H and O–H groups in total. The third-order valence-electron chi connectivity index (χ3n) is 4.95. The maximum absolute atomic E-state index is 12.7. The van der Waals surface area contributed by atoms with E-state index in [1.807, 2.05) is 39.9 Å². The number of carbonyl (C=O) groups is 2. The molecule has 4 rings (SSSR count). The van der Waals surface area contributed by atoms with Crippen LogP contribution in [0.25, 0.3) is 0 Å². The Morgan fingerprint density at radius 2 is 1.93 bits per heavy atom. The number of para-hydroxylation sites is 2. The fourth-order valence-corrected chi connectivity index (χ4v) is 4.70. The molecule has 1 aromatic carbocycles. The van der Waals surface area contributed by atoms with Crippen molar-refractivity contribution >= 4 is 45.3 Å². The van der Waals surface area contributed by atoms with Crippen molar-refractivity contribution in [1.82, 2.24) is 9.88 Å². The number of benzene rings is 1. The Morgan fingerprint density at radius 3 is 2.67 bits per heavy atom. The van der Waals surface area contributed by atoms with E-state index in [1.165, 1.54) is 22.7 Å². The monoisotopic (exact) mass is 442 g/mol. The molecule has 0 bridgehead atoms. The van der Waals surface area contributed by atoms with Crippen LogP contribution in [0, 0.1) is 0 Å². The molecule has 1 aliphatic heterocycles. The average molecular weight is 443 g/mol. The average Bonchev–Trinajstić information content (AvgIpc) is 3.46. The summed E-state index contributed by atoms with van der Waals surface area (Å²) in [5, 5.41) is 8.76. The summed E-state index contributed by atoms with van der Waals surface area (Å²) in [4.78, 5) is 33.3. The molecular formula is C21H22N4O3S2. The summed E-state index contributed by atoms with van der Waals surface area (Å²) in [5.41, 5.74) is 2.34. The van der Waals surface area contributed by atoms with E-state index < -0.39 is 0 Å². The molecule has 30 heavy (non-hydrogen) atoms. The van der Waals surface area contributed by atoms with Gasteiger partial charge in [-0.1, -0.05) is 12.1 Å². The SMILES string of the molecule is COc1ccccc1N1CCN(C(=O)Cc2csc(NC(=O)c3ccsc3)n2)CC1. The van der Waals surface area contributed by atoms with Crippen LogP contribution in [0.3, 0.4) is 0 Å². The van der Waals surface area contributed by atoms with Gasteiger partial charge in [-0.15, -0.1) is 11.3 Å². The second kappa shape index (κ2) is 9.27. The van der Waals surface area contributed by atoms with Crippen LogP contribution in [-0.2, 0) is 11.2 Å². The Hall–Kier alpha value is -2.91. The molecule has 7 nitrogen and oxygen atoms in total. The van der Waals surface area contributed by atoms with Gasteiger partial charge in [-0.25, -0.2) is 4.98 Å². The van der Waals surface area contributed by atoms with Crippen LogP contribution in [0.15, 0.2) is 46.5 Å². The van der Waals surface area contributed by atoms with Gasteiger partial charge in [0.1, 0.15) is 5.75 Å². The van der Waals surface area contributed by atoms with Crippen LogP contribution in [-0.4, -0.2) is 55.0 Å². The van der Waals surface area contributed by atoms with Gasteiger partial charge in [0.05, 0.1) is 30.5 Å². The lowest BCUT2D eigenvalue weighted by molar-refractivity contribution is -0.130. The number of thiophene rings is 1. The van der Waals surface area contributed by atoms with E-state index in [-0.39, 0.29) is 18.2 Å². The van der Waals surface area contributed by atoms with Crippen molar-refractivity contribution in [1.29, 1.82) is 0 Å². The standard InChI is InChI=1S/C21H22N4O3S2/c1-28-18-5-3-2-4-17(18)24-7-9-25(10-8-24)19(26)12-16-14-30-21(22-16)23-20(27)15-6-11-29-13-15/h2-6,11,13-14H,7-10,12H2,1H3,(H,22,23,27). The summed E-state index contributed by atoms with van der Waals surface area (Å²) in [5.74, 6) is 0.711. The number of anilines is 2. The first-order chi connectivity index (χ1) is 14.6. The topological polar surface area (TPSA) is 74.8 Å². The highest BCUT2D eigenvalue weighted by atomic mass is 32.1. The highest BCUT2D eigenvalue weighted by molar-refractivity contribution is 7.14. The molecule has 0 radical (unpaired) electrons. The molecule has 0 atom stereocenters. The number of piperazine rings is 1. The lowest BCUT2D eigenvalue weighted by Crippen LogP contribution is -2.49. The highest BCUT2D eigenvalue weighted by Crippen LogP contribution is 2.28. The first-order valence-electron chi connectivity index (χ1n) is 9.58. The van der Waals surface area contributed by atoms with E-state index in [0.717, 1.165) is 24.5 Å². The van der Waals surface area contributed by atoms with Gasteiger partial charge in [0.25, 0.3) is 5.91 Å². The van der Waals surface area contributed by atoms with Gasteiger partial charge >= 0.3 is 0 Å². The fraction of sp³-hybridized carbons (Fsp3) is 0.286. The number of aromatic nitrogens is 1. The number of nitrogens with one attached hydrogen (secondary N) is 1. The number of carbonyl (C=O) groups excluding carboxylic acids is 2. The number of thiazole rings is 1. The summed E-state index contributed by atoms with van der Waals surface area (Å²) >= 11 is 2.80. The molecule has 3 heterocycles. The van der Waals surface area contributed by atoms with Crippen molar-refractivity contribution in [2.75, 3.05) is 43.5 Å². The Morgan fingerprint density at radius 1 is 1.13 bits per heavy atom. The van der Waals surface area contributed by atoms with E-state index in [0.29, 0.717) is 29.5 Å². The molecule has 0 saturated carbocycles. The van der Waals surface area contributed by atoms with E-state index in [1.54, 1.807) is 18.6 Å². The molecule has 1 saturated heterocycles. The summed E-state index contributed by atoms with van der Waals surface area (Å²) in [6.07, 6.45) is 0.236. The van der Waals surface area contributed by atoms with Crippen molar-refractivity contribution in [3.05, 3.63) is 57.7 Å². The Kier molecular flexibility index (Phi) is 6.29. The van der Waals surface area contributed by atoms with Crippen molar-refractivity contribution in [2.24, 2.45) is 0 Å². The summed E-state index contributed by atoms with van der Waals surface area (Å²) in [7, 11) is 1.67. The van der Waals surface area contributed by atoms with Gasteiger partial charge < -0.3 is 14.5 Å². The van der Waals surface area contributed by atoms with Crippen LogP contribution in [0.1, 0.15) is 16.1 Å². The van der Waals surface area contributed by atoms with Gasteiger partial charge in [0, 0.05) is 36.9 Å². The van der Waals surface area contributed by atoms with Crippen LogP contribution < -0.4 is 15.0 Å². The highest BCUT2D eigenvalue weighted by Gasteiger charge is 2.23. The number of hydrogen-bond donors (Lipinski definition) is 1. The molecule has 1 aliphatic rings. The molecule has 9 heteroatoms. The number of rotatable bonds is 6. The van der Waals surface area contributed by atoms with Crippen LogP contribution in [0.5, 0.6) is 5.75 Å². The Balaban J connectivity index is 1.30. The third kappa shape index (κ3) is 4.63. The lowest BCUT2D eigenvalue weighted by atomic mass is 10.2. The zero-order valence-corrected chi connectivity index (χ0v) is 18.2. The van der Waals surface area contributed by atoms with E-state index in [4.69, 9.17) is 4.74 Å². The minimum atomic E-state index is -0.184. The smallest absolute Gasteiger partial charge is 0.258 e. The maximum Gasteiger partial charge on any atom is 0.258 e. The predicted molar refractivity (Wildman–Crippen MR) is 120 cm³/mol. The minimum Gasteiger partial charge on any atom is -0.495 e. The van der Waals surface area contributed by atoms with E-state index in [9.17, 15) is 9.59 Å². The van der Waals surface area contributed by atoms with Gasteiger partial charge in [0.15, 0.2) is 5.13 Å². The van der Waals surface area contributed by atoms with E-state index in [2.05, 4.69) is 15.2 Å². The van der Waals surface area contributed by atoms with Crippen LogP contribution in [0.2, 0.25) is 0 Å². The lowest BCUT2D eigenvalue weighted by Gasteiger charge is -2.36. The summed E-state index contributed by atoms with van der Waals surface area (Å²) in [6, 6.07) is 9.70. The van der Waals surface area contributed by atoms with Gasteiger partial charge in [-0.2, -0.15) is 11.3 Å². The van der Waals surface area contributed by atoms with Crippen LogP contribution >= 0.6 is 22.7 Å². The zero-order valence-electron chi connectivity index (χ0n) is 16.5. The third-order valence-corrected chi connectivity index (χ3v) is 6.44. The Bertz CT molecular complexity index is 1010. The summed E-state index contributed by atoms with van der Waals surface area (Å²) in [6.45, 7) is 2.82. The van der Waals surface area contributed by atoms with Crippen molar-refractivity contribution < 1.29 is 14.3 Å². The molecule has 1 fully saturated rings. The van der Waals surface area contributed by atoms with Crippen molar-refractivity contribution in [3.8, 4) is 5.75 Å². The number of ether oxygens (including phenoxy) is 1. The molecule has 2 aromatic heterocycles. The second-order valence-electron chi connectivity index (χ2n) is 6.83. The van der Waals surface area contributed by atoms with Crippen molar-refractivity contribution in [3.63, 3.8) is 0 Å². The number of hydrogen-bond acceptors (Lipinski definition) is 7. The predicted octanol–water partition coefficient (Wildman–Crippen LogP) is 3.36. The first-order valence-corrected chi connectivity index (χ1v) is 11.4. The largest absolute Gasteiger partial charge is 0.495 e. The summed E-state index contributed by atoms with van der Waals surface area (Å²) < 4.78 is 5.45. The van der Waals surface area contributed by atoms with Crippen molar-refractivity contribution in [2.45, 2.75) is 6.42 Å². The van der Waals surface area contributed by atoms with Crippen LogP contribution in [0.4, 0.5) is 10.8 Å². The molecule has 0 aliphatic carbocycles. The molecule has 0 spiro atoms. The zero-order chi connectivity index (χ0) is 20.9. The van der Waals surface area contributed by atoms with Gasteiger partial charge in [0.2, 0.25) is 5.91 Å². The molecular weight excluding hydrogens is 420 g/mol. The second-order valence-corrected chi connectivity index (χ2v) is 8.46. The minimum absolute atomic E-state index is 0.0516. The number of amides is 2.